The lowest BCUT2D eigenvalue weighted by Crippen LogP contribution is -2.08. The van der Waals surface area contributed by atoms with Gasteiger partial charge in [-0.25, -0.2) is 4.98 Å². The van der Waals surface area contributed by atoms with E-state index < -0.39 is 11.7 Å². The van der Waals surface area contributed by atoms with Crippen molar-refractivity contribution in [2.75, 3.05) is 12.4 Å². The van der Waals surface area contributed by atoms with Gasteiger partial charge in [-0.2, -0.15) is 13.2 Å². The maximum Gasteiger partial charge on any atom is 0.419 e. The van der Waals surface area contributed by atoms with Gasteiger partial charge >= 0.3 is 6.18 Å². The zero-order valence-electron chi connectivity index (χ0n) is 14.6. The molecule has 1 aromatic carbocycles. The zero-order chi connectivity index (χ0) is 19.8. The van der Waals surface area contributed by atoms with Crippen LogP contribution in [0.3, 0.4) is 0 Å². The third kappa shape index (κ3) is 3.51. The number of nitrogens with zero attached hydrogens (tertiary/aromatic N) is 2. The summed E-state index contributed by atoms with van der Waals surface area (Å²) in [6, 6.07) is 5.40. The fourth-order valence-corrected chi connectivity index (χ4v) is 2.79. The summed E-state index contributed by atoms with van der Waals surface area (Å²) in [6.45, 7) is 5.24. The maximum atomic E-state index is 13.1. The number of rotatable bonds is 4. The number of halogens is 3. The number of nitrogens with one attached hydrogen (secondary N) is 1. The first-order chi connectivity index (χ1) is 12.7. The fourth-order valence-electron chi connectivity index (χ4n) is 2.79. The molecule has 0 atom stereocenters. The smallest absolute Gasteiger partial charge is 0.419 e. The molecule has 0 fully saturated rings. The van der Waals surface area contributed by atoms with Crippen molar-refractivity contribution in [3.05, 3.63) is 60.4 Å². The van der Waals surface area contributed by atoms with E-state index in [9.17, 15) is 18.0 Å². The monoisotopic (exact) mass is 375 g/mol. The molecule has 27 heavy (non-hydrogen) atoms. The first kappa shape index (κ1) is 18.5. The summed E-state index contributed by atoms with van der Waals surface area (Å²) in [6.07, 6.45) is -0.119. The number of aromatic nitrogens is 2. The van der Waals surface area contributed by atoms with Gasteiger partial charge in [-0.3, -0.25) is 4.79 Å². The minimum atomic E-state index is -4.50. The molecule has 0 bridgehead atoms. The van der Waals surface area contributed by atoms with E-state index in [1.807, 2.05) is 6.92 Å². The van der Waals surface area contributed by atoms with Gasteiger partial charge in [0.2, 0.25) is 5.91 Å². The number of carbonyl (C=O) groups excluding carboxylic acids is 1. The number of hydrogen-bond acceptors (Lipinski definition) is 3. The molecule has 0 unspecified atom stereocenters. The highest BCUT2D eigenvalue weighted by Crippen LogP contribution is 2.37. The second-order valence-electron chi connectivity index (χ2n) is 5.85. The van der Waals surface area contributed by atoms with Crippen LogP contribution >= 0.6 is 0 Å². The summed E-state index contributed by atoms with van der Waals surface area (Å²) in [4.78, 5) is 15.8. The lowest BCUT2D eigenvalue weighted by Gasteiger charge is -2.14. The predicted molar refractivity (Wildman–Crippen MR) is 96.2 cm³/mol. The summed E-state index contributed by atoms with van der Waals surface area (Å²) in [5.41, 5.74) is 1.54. The average Bonchev–Trinajstić information content (AvgIpc) is 2.96. The van der Waals surface area contributed by atoms with E-state index in [4.69, 9.17) is 4.74 Å². The molecular formula is C19H16F3N3O2. The van der Waals surface area contributed by atoms with E-state index >= 15 is 0 Å². The van der Waals surface area contributed by atoms with E-state index in [0.717, 1.165) is 23.1 Å². The molecule has 1 N–H and O–H groups in total. The van der Waals surface area contributed by atoms with Crippen LogP contribution in [0.1, 0.15) is 11.1 Å². The topological polar surface area (TPSA) is 56.2 Å². The molecule has 0 aliphatic heterocycles. The maximum absolute atomic E-state index is 13.1. The molecule has 8 heteroatoms. The van der Waals surface area contributed by atoms with E-state index in [-0.39, 0.29) is 11.7 Å². The van der Waals surface area contributed by atoms with Crippen LogP contribution in [0.15, 0.2) is 49.3 Å². The van der Waals surface area contributed by atoms with Gasteiger partial charge in [-0.05, 0) is 36.8 Å². The van der Waals surface area contributed by atoms with Crippen molar-refractivity contribution in [3.63, 3.8) is 0 Å². The van der Waals surface area contributed by atoms with Gasteiger partial charge in [0, 0.05) is 17.6 Å². The van der Waals surface area contributed by atoms with Crippen molar-refractivity contribution in [2.24, 2.45) is 0 Å². The fraction of sp³-hybridized carbons (Fsp3) is 0.158. The molecule has 0 saturated heterocycles. The molecule has 2 aromatic heterocycles. The number of alkyl halides is 3. The van der Waals surface area contributed by atoms with Crippen molar-refractivity contribution < 1.29 is 22.7 Å². The van der Waals surface area contributed by atoms with Crippen LogP contribution in [0.5, 0.6) is 5.75 Å². The largest absolute Gasteiger partial charge is 0.496 e. The van der Waals surface area contributed by atoms with Gasteiger partial charge in [-0.1, -0.05) is 6.58 Å². The Balaban J connectivity index is 2.10. The van der Waals surface area contributed by atoms with Gasteiger partial charge < -0.3 is 14.6 Å². The number of pyridine rings is 1. The highest BCUT2D eigenvalue weighted by Gasteiger charge is 2.34. The molecule has 0 spiro atoms. The Morgan fingerprint density at radius 2 is 2.07 bits per heavy atom. The van der Waals surface area contributed by atoms with Crippen molar-refractivity contribution in [1.29, 1.82) is 0 Å². The number of aryl methyl sites for hydroxylation is 1. The summed E-state index contributed by atoms with van der Waals surface area (Å²) < 4.78 is 45.8. The molecule has 1 amide bonds. The Morgan fingerprint density at radius 1 is 1.33 bits per heavy atom. The number of hydrogen-bond donors (Lipinski definition) is 1. The zero-order valence-corrected chi connectivity index (χ0v) is 14.6. The summed E-state index contributed by atoms with van der Waals surface area (Å²) in [5, 5.41) is 3.39. The molecule has 5 nitrogen and oxygen atoms in total. The predicted octanol–water partition coefficient (Wildman–Crippen LogP) is 4.49. The quantitative estimate of drug-likeness (QED) is 0.684. The van der Waals surface area contributed by atoms with Gasteiger partial charge in [0.15, 0.2) is 0 Å². The van der Waals surface area contributed by atoms with Crippen molar-refractivity contribution >= 4 is 22.6 Å². The summed E-state index contributed by atoms with van der Waals surface area (Å²) in [7, 11) is 1.19. The first-order valence-electron chi connectivity index (χ1n) is 7.91. The van der Waals surface area contributed by atoms with Gasteiger partial charge in [0.1, 0.15) is 11.4 Å². The number of anilines is 1. The number of fused-ring (bicyclic) bond motifs is 1. The average molecular weight is 375 g/mol. The molecule has 140 valence electrons. The summed E-state index contributed by atoms with van der Waals surface area (Å²) >= 11 is 0. The number of methoxy groups -OCH3 is 1. The van der Waals surface area contributed by atoms with E-state index in [1.165, 1.54) is 25.4 Å². The normalized spacial score (nSPS) is 11.4. The highest BCUT2D eigenvalue weighted by atomic mass is 19.4. The lowest BCUT2D eigenvalue weighted by molar-refractivity contribution is -0.138. The van der Waals surface area contributed by atoms with Crippen LogP contribution in [0.25, 0.3) is 16.7 Å². The van der Waals surface area contributed by atoms with Crippen LogP contribution in [-0.4, -0.2) is 22.6 Å². The number of amides is 1. The Bertz CT molecular complexity index is 1040. The Hall–Kier alpha value is -3.29. The molecule has 0 aliphatic rings. The minimum absolute atomic E-state index is 0.269. The van der Waals surface area contributed by atoms with Crippen molar-refractivity contribution in [1.82, 2.24) is 9.55 Å². The number of ether oxygens (including phenoxy) is 1. The Morgan fingerprint density at radius 3 is 2.70 bits per heavy atom. The SMILES string of the molecule is C=CC(=O)Nc1cnc2c(c1)c(C)cn2-c1ccc(C(F)(F)F)c(OC)c1. The van der Waals surface area contributed by atoms with Gasteiger partial charge in [0.05, 0.1) is 30.2 Å². The highest BCUT2D eigenvalue weighted by molar-refractivity contribution is 6.00. The minimum Gasteiger partial charge on any atom is -0.496 e. The van der Waals surface area contributed by atoms with Gasteiger partial charge in [-0.15, -0.1) is 0 Å². The van der Waals surface area contributed by atoms with Crippen LogP contribution in [0.2, 0.25) is 0 Å². The molecule has 3 rings (SSSR count). The van der Waals surface area contributed by atoms with Crippen LogP contribution in [0, 0.1) is 6.92 Å². The Kier molecular flexibility index (Phi) is 4.65. The van der Waals surface area contributed by atoms with E-state index in [1.54, 1.807) is 16.8 Å². The standard InChI is InChI=1S/C19H16F3N3O2/c1-4-17(26)24-12-7-14-11(2)10-25(18(14)23-9-12)13-5-6-15(19(20,21)22)16(8-13)27-3/h4-10H,1H2,2-3H3,(H,24,26). The van der Waals surface area contributed by atoms with Crippen LogP contribution in [-0.2, 0) is 11.0 Å². The Labute approximate surface area is 153 Å². The molecule has 0 radical (unpaired) electrons. The van der Waals surface area contributed by atoms with Gasteiger partial charge in [0.25, 0.3) is 0 Å². The second-order valence-corrected chi connectivity index (χ2v) is 5.85. The second kappa shape index (κ2) is 6.79. The van der Waals surface area contributed by atoms with Crippen molar-refractivity contribution in [2.45, 2.75) is 13.1 Å². The molecule has 3 aromatic rings. The summed E-state index contributed by atoms with van der Waals surface area (Å²) in [5.74, 6) is -0.630. The lowest BCUT2D eigenvalue weighted by atomic mass is 10.1. The first-order valence-corrected chi connectivity index (χ1v) is 7.91. The molecule has 0 saturated carbocycles. The van der Waals surface area contributed by atoms with E-state index in [0.29, 0.717) is 17.0 Å². The van der Waals surface area contributed by atoms with E-state index in [2.05, 4.69) is 16.9 Å². The van der Waals surface area contributed by atoms with Crippen LogP contribution < -0.4 is 10.1 Å². The molecule has 2 heterocycles. The number of benzene rings is 1. The molecular weight excluding hydrogens is 359 g/mol. The third-order valence-electron chi connectivity index (χ3n) is 4.06. The molecule has 0 aliphatic carbocycles. The van der Waals surface area contributed by atoms with Crippen LogP contribution in [0.4, 0.5) is 18.9 Å². The third-order valence-corrected chi connectivity index (χ3v) is 4.06. The van der Waals surface area contributed by atoms with Crippen molar-refractivity contribution in [3.8, 4) is 11.4 Å². The number of carbonyl (C=O) groups is 1.